The van der Waals surface area contributed by atoms with E-state index >= 15 is 0 Å². The zero-order valence-electron chi connectivity index (χ0n) is 11.5. The van der Waals surface area contributed by atoms with Crippen molar-refractivity contribution in [2.24, 2.45) is 5.73 Å². The number of hydrogen-bond donors (Lipinski definition) is 2. The first-order valence-electron chi connectivity index (χ1n) is 6.01. The van der Waals surface area contributed by atoms with Crippen molar-refractivity contribution in [1.82, 2.24) is 0 Å². The normalized spacial score (nSPS) is 13.2. The monoisotopic (exact) mass is 250 g/mol. The summed E-state index contributed by atoms with van der Waals surface area (Å²) in [4.78, 5) is 11.9. The van der Waals surface area contributed by atoms with Gasteiger partial charge < -0.3 is 15.8 Å². The zero-order valence-corrected chi connectivity index (χ0v) is 11.5. The number of anilines is 1. The maximum absolute atomic E-state index is 11.9. The average molecular weight is 250 g/mol. The van der Waals surface area contributed by atoms with Gasteiger partial charge in [0, 0.05) is 12.8 Å². The van der Waals surface area contributed by atoms with Crippen LogP contribution in [0.5, 0.6) is 0 Å². The van der Waals surface area contributed by atoms with Crippen LogP contribution in [0.25, 0.3) is 0 Å². The number of para-hydroxylation sites is 1. The van der Waals surface area contributed by atoms with Gasteiger partial charge in [-0.1, -0.05) is 39.0 Å². The quantitative estimate of drug-likeness (QED) is 0.857. The summed E-state index contributed by atoms with van der Waals surface area (Å²) in [5.41, 5.74) is 7.56. The lowest BCUT2D eigenvalue weighted by molar-refractivity contribution is -0.118. The van der Waals surface area contributed by atoms with Crippen LogP contribution in [0.4, 0.5) is 5.69 Å². The maximum Gasteiger partial charge on any atom is 0.243 e. The first kappa shape index (κ1) is 14.7. The van der Waals surface area contributed by atoms with Crippen molar-refractivity contribution in [3.63, 3.8) is 0 Å². The third-order valence-electron chi connectivity index (χ3n) is 2.68. The summed E-state index contributed by atoms with van der Waals surface area (Å²) in [5, 5.41) is 2.86. The average Bonchev–Trinajstić information content (AvgIpc) is 2.28. The number of ether oxygens (including phenoxy) is 1. The Labute approximate surface area is 109 Å². The molecule has 18 heavy (non-hydrogen) atoms. The number of amides is 1. The van der Waals surface area contributed by atoms with Crippen LogP contribution in [0.15, 0.2) is 24.3 Å². The number of benzene rings is 1. The highest BCUT2D eigenvalue weighted by atomic mass is 16.5. The van der Waals surface area contributed by atoms with Gasteiger partial charge in [0.1, 0.15) is 6.04 Å². The second-order valence-electron chi connectivity index (χ2n) is 5.35. The van der Waals surface area contributed by atoms with Crippen LogP contribution in [-0.4, -0.2) is 25.7 Å². The molecule has 1 atom stereocenters. The highest BCUT2D eigenvalue weighted by Crippen LogP contribution is 2.29. The number of methoxy groups -OCH3 is 1. The molecule has 0 saturated heterocycles. The topological polar surface area (TPSA) is 64.3 Å². The van der Waals surface area contributed by atoms with Gasteiger partial charge in [-0.2, -0.15) is 0 Å². The van der Waals surface area contributed by atoms with E-state index < -0.39 is 6.04 Å². The molecule has 0 saturated carbocycles. The van der Waals surface area contributed by atoms with Crippen LogP contribution in [0.1, 0.15) is 26.3 Å². The third kappa shape index (κ3) is 3.82. The van der Waals surface area contributed by atoms with Crippen molar-refractivity contribution in [2.75, 3.05) is 19.0 Å². The SMILES string of the molecule is COCC(N)C(=O)Nc1ccccc1C(C)(C)C. The Bertz CT molecular complexity index is 411. The number of nitrogens with two attached hydrogens (primary N) is 1. The molecule has 0 aromatic heterocycles. The van der Waals surface area contributed by atoms with Gasteiger partial charge in [-0.15, -0.1) is 0 Å². The summed E-state index contributed by atoms with van der Waals surface area (Å²) < 4.78 is 4.87. The van der Waals surface area contributed by atoms with Crippen LogP contribution in [0.2, 0.25) is 0 Å². The molecule has 4 heteroatoms. The van der Waals surface area contributed by atoms with Crippen molar-refractivity contribution in [1.29, 1.82) is 0 Å². The molecule has 1 aromatic rings. The van der Waals surface area contributed by atoms with E-state index in [9.17, 15) is 4.79 Å². The van der Waals surface area contributed by atoms with Gasteiger partial charge in [0.05, 0.1) is 6.61 Å². The molecule has 1 amide bonds. The van der Waals surface area contributed by atoms with Gasteiger partial charge >= 0.3 is 0 Å². The number of carbonyl (C=O) groups is 1. The molecular formula is C14H22N2O2. The highest BCUT2D eigenvalue weighted by Gasteiger charge is 2.20. The minimum atomic E-state index is -0.650. The van der Waals surface area contributed by atoms with E-state index in [0.29, 0.717) is 0 Å². The summed E-state index contributed by atoms with van der Waals surface area (Å²) in [6.45, 7) is 6.52. The van der Waals surface area contributed by atoms with Gasteiger partial charge in [0.25, 0.3) is 0 Å². The van der Waals surface area contributed by atoms with Crippen LogP contribution in [-0.2, 0) is 14.9 Å². The summed E-state index contributed by atoms with van der Waals surface area (Å²) in [5.74, 6) is -0.228. The summed E-state index contributed by atoms with van der Waals surface area (Å²) in [7, 11) is 1.52. The Hall–Kier alpha value is -1.39. The van der Waals surface area contributed by atoms with Crippen molar-refractivity contribution < 1.29 is 9.53 Å². The van der Waals surface area contributed by atoms with E-state index in [2.05, 4.69) is 26.1 Å². The molecule has 0 fully saturated rings. The van der Waals surface area contributed by atoms with Crippen molar-refractivity contribution in [3.8, 4) is 0 Å². The van der Waals surface area contributed by atoms with Crippen LogP contribution in [0, 0.1) is 0 Å². The van der Waals surface area contributed by atoms with Gasteiger partial charge in [-0.25, -0.2) is 0 Å². The molecule has 0 aliphatic carbocycles. The lowest BCUT2D eigenvalue weighted by Gasteiger charge is -2.23. The third-order valence-corrected chi connectivity index (χ3v) is 2.68. The Balaban J connectivity index is 2.88. The summed E-state index contributed by atoms with van der Waals surface area (Å²) in [6, 6.07) is 7.11. The fourth-order valence-electron chi connectivity index (χ4n) is 1.73. The number of carbonyl (C=O) groups excluding carboxylic acids is 1. The standard InChI is InChI=1S/C14H22N2O2/c1-14(2,3)10-7-5-6-8-12(10)16-13(17)11(15)9-18-4/h5-8,11H,9,15H2,1-4H3,(H,16,17). The molecule has 0 radical (unpaired) electrons. The molecule has 4 nitrogen and oxygen atoms in total. The smallest absolute Gasteiger partial charge is 0.243 e. The molecule has 1 unspecified atom stereocenters. The molecule has 3 N–H and O–H groups in total. The van der Waals surface area contributed by atoms with Gasteiger partial charge in [-0.05, 0) is 17.0 Å². The predicted molar refractivity (Wildman–Crippen MR) is 73.6 cm³/mol. The van der Waals surface area contributed by atoms with Gasteiger partial charge in [0.15, 0.2) is 0 Å². The first-order valence-corrected chi connectivity index (χ1v) is 6.01. The molecule has 0 spiro atoms. The van der Waals surface area contributed by atoms with E-state index in [0.717, 1.165) is 11.3 Å². The van der Waals surface area contributed by atoms with Gasteiger partial charge in [-0.3, -0.25) is 4.79 Å². The Kier molecular flexibility index (Phi) is 4.87. The molecule has 0 aliphatic rings. The lowest BCUT2D eigenvalue weighted by Crippen LogP contribution is -2.39. The molecular weight excluding hydrogens is 228 g/mol. The minimum Gasteiger partial charge on any atom is -0.383 e. The molecule has 1 rings (SSSR count). The summed E-state index contributed by atoms with van der Waals surface area (Å²) in [6.07, 6.45) is 0. The van der Waals surface area contributed by atoms with Crippen LogP contribution >= 0.6 is 0 Å². The van der Waals surface area contributed by atoms with E-state index in [1.165, 1.54) is 7.11 Å². The summed E-state index contributed by atoms with van der Waals surface area (Å²) >= 11 is 0. The molecule has 0 bridgehead atoms. The number of nitrogens with one attached hydrogen (secondary N) is 1. The highest BCUT2D eigenvalue weighted by molar-refractivity contribution is 5.95. The second-order valence-corrected chi connectivity index (χ2v) is 5.35. The van der Waals surface area contributed by atoms with Crippen molar-refractivity contribution in [3.05, 3.63) is 29.8 Å². The minimum absolute atomic E-state index is 0.0325. The maximum atomic E-state index is 11.9. The Morgan fingerprint density at radius 3 is 2.56 bits per heavy atom. The largest absolute Gasteiger partial charge is 0.383 e. The van der Waals surface area contributed by atoms with Crippen molar-refractivity contribution in [2.45, 2.75) is 32.2 Å². The second kappa shape index (κ2) is 5.98. The van der Waals surface area contributed by atoms with E-state index in [-0.39, 0.29) is 17.9 Å². The van der Waals surface area contributed by atoms with E-state index in [4.69, 9.17) is 10.5 Å². The Morgan fingerprint density at radius 1 is 1.39 bits per heavy atom. The lowest BCUT2D eigenvalue weighted by atomic mass is 9.86. The fraction of sp³-hybridized carbons (Fsp3) is 0.500. The molecule has 100 valence electrons. The Morgan fingerprint density at radius 2 is 2.00 bits per heavy atom. The van der Waals surface area contributed by atoms with Crippen molar-refractivity contribution >= 4 is 11.6 Å². The number of rotatable bonds is 4. The molecule has 0 heterocycles. The van der Waals surface area contributed by atoms with E-state index in [1.807, 2.05) is 24.3 Å². The first-order chi connectivity index (χ1) is 8.36. The van der Waals surface area contributed by atoms with Crippen LogP contribution in [0.3, 0.4) is 0 Å². The van der Waals surface area contributed by atoms with E-state index in [1.54, 1.807) is 0 Å². The van der Waals surface area contributed by atoms with Gasteiger partial charge in [0.2, 0.25) is 5.91 Å². The van der Waals surface area contributed by atoms with Crippen LogP contribution < -0.4 is 11.1 Å². The molecule has 0 aliphatic heterocycles. The fourth-order valence-corrected chi connectivity index (χ4v) is 1.73. The predicted octanol–water partition coefficient (Wildman–Crippen LogP) is 1.90. The number of hydrogen-bond acceptors (Lipinski definition) is 3. The molecule has 1 aromatic carbocycles. The zero-order chi connectivity index (χ0) is 13.8.